The molecule has 2 aromatic heterocycles. The van der Waals surface area contributed by atoms with Crippen LogP contribution < -0.4 is 4.90 Å². The van der Waals surface area contributed by atoms with Gasteiger partial charge in [0.1, 0.15) is 5.82 Å². The molecule has 188 valence electrons. The fourth-order valence-electron chi connectivity index (χ4n) is 5.25. The first-order chi connectivity index (χ1) is 17.4. The number of piperazine rings is 1. The highest BCUT2D eigenvalue weighted by molar-refractivity contribution is 7.17. The second-order valence-electron chi connectivity index (χ2n) is 9.66. The Morgan fingerprint density at radius 1 is 1.11 bits per heavy atom. The maximum Gasteiger partial charge on any atom is 0.339 e. The van der Waals surface area contributed by atoms with E-state index < -0.39 is 0 Å². The summed E-state index contributed by atoms with van der Waals surface area (Å²) in [5, 5.41) is 3.41. The maximum atomic E-state index is 13.2. The number of esters is 1. The van der Waals surface area contributed by atoms with Crippen molar-refractivity contribution in [2.24, 2.45) is 0 Å². The minimum absolute atomic E-state index is 0.186. The largest absolute Gasteiger partial charge is 0.465 e. The van der Waals surface area contributed by atoms with Crippen molar-refractivity contribution in [1.82, 2.24) is 14.8 Å². The van der Waals surface area contributed by atoms with Gasteiger partial charge in [0.2, 0.25) is 5.91 Å². The van der Waals surface area contributed by atoms with Crippen LogP contribution in [0, 0.1) is 0 Å². The molecule has 5 rings (SSSR count). The van der Waals surface area contributed by atoms with Crippen LogP contribution in [0.25, 0.3) is 15.7 Å². The Morgan fingerprint density at radius 3 is 2.58 bits per heavy atom. The summed E-state index contributed by atoms with van der Waals surface area (Å²) in [4.78, 5) is 35.9. The van der Waals surface area contributed by atoms with Crippen molar-refractivity contribution in [3.8, 4) is 0 Å². The minimum atomic E-state index is -0.387. The molecule has 0 bridgehead atoms. The number of aromatic nitrogens is 1. The molecule has 1 aromatic carbocycles. The summed E-state index contributed by atoms with van der Waals surface area (Å²) in [7, 11) is 1.37. The van der Waals surface area contributed by atoms with Gasteiger partial charge in [0.15, 0.2) is 0 Å². The van der Waals surface area contributed by atoms with Gasteiger partial charge in [-0.15, -0.1) is 11.3 Å². The maximum absolute atomic E-state index is 13.2. The number of ether oxygens (including phenoxy) is 1. The lowest BCUT2D eigenvalue weighted by Crippen LogP contribution is -2.59. The van der Waals surface area contributed by atoms with Crippen molar-refractivity contribution in [2.75, 3.05) is 44.7 Å². The molecule has 0 unspecified atom stereocenters. The fourth-order valence-corrected chi connectivity index (χ4v) is 6.02. The van der Waals surface area contributed by atoms with Crippen LogP contribution in [0.5, 0.6) is 0 Å². The smallest absolute Gasteiger partial charge is 0.339 e. The number of methoxy groups -OCH3 is 1. The number of benzene rings is 1. The zero-order valence-corrected chi connectivity index (χ0v) is 21.8. The van der Waals surface area contributed by atoms with E-state index in [-0.39, 0.29) is 24.0 Å². The van der Waals surface area contributed by atoms with Crippen LogP contribution in [0.15, 0.2) is 54.1 Å². The van der Waals surface area contributed by atoms with Crippen LogP contribution in [0.1, 0.15) is 36.2 Å². The van der Waals surface area contributed by atoms with Gasteiger partial charge in [0, 0.05) is 49.2 Å². The van der Waals surface area contributed by atoms with Crippen molar-refractivity contribution in [3.63, 3.8) is 0 Å². The van der Waals surface area contributed by atoms with E-state index in [1.54, 1.807) is 23.6 Å². The molecule has 36 heavy (non-hydrogen) atoms. The average Bonchev–Trinajstić information content (AvgIpc) is 3.38. The summed E-state index contributed by atoms with van der Waals surface area (Å²) in [5.74, 6) is 0.635. The van der Waals surface area contributed by atoms with Gasteiger partial charge in [-0.2, -0.15) is 0 Å². The molecule has 0 spiro atoms. The Balaban J connectivity index is 1.18. The third-order valence-electron chi connectivity index (χ3n) is 7.30. The van der Waals surface area contributed by atoms with Crippen LogP contribution in [-0.4, -0.2) is 78.6 Å². The van der Waals surface area contributed by atoms with E-state index in [9.17, 15) is 9.59 Å². The van der Waals surface area contributed by atoms with Gasteiger partial charge in [-0.1, -0.05) is 12.1 Å². The van der Waals surface area contributed by atoms with E-state index >= 15 is 0 Å². The predicted molar refractivity (Wildman–Crippen MR) is 144 cm³/mol. The van der Waals surface area contributed by atoms with Gasteiger partial charge >= 0.3 is 5.97 Å². The van der Waals surface area contributed by atoms with Crippen molar-refractivity contribution in [2.45, 2.75) is 32.4 Å². The third kappa shape index (κ3) is 5.01. The Morgan fingerprint density at radius 2 is 1.92 bits per heavy atom. The first-order valence-electron chi connectivity index (χ1n) is 12.4. The highest BCUT2D eigenvalue weighted by Crippen LogP contribution is 2.28. The standard InChI is InChI=1S/C28H32N4O3S/c1-19-16-31(26-7-5-24(15-29-26)28(34)35-3)17-20(2)32(19)18-27(33)30-11-8-21(9-12-30)22-4-6-25-23(14-22)10-13-36-25/h4-8,10,13-15,19-20H,9,11-12,16-18H2,1-3H3/t19-,20+. The van der Waals surface area contributed by atoms with Crippen LogP contribution in [0.2, 0.25) is 0 Å². The van der Waals surface area contributed by atoms with Crippen LogP contribution in [0.4, 0.5) is 5.82 Å². The van der Waals surface area contributed by atoms with Crippen LogP contribution in [-0.2, 0) is 9.53 Å². The lowest BCUT2D eigenvalue weighted by Gasteiger charge is -2.45. The summed E-state index contributed by atoms with van der Waals surface area (Å²) < 4.78 is 6.07. The second-order valence-corrected chi connectivity index (χ2v) is 10.6. The van der Waals surface area contributed by atoms with E-state index in [0.29, 0.717) is 18.7 Å². The molecule has 1 fully saturated rings. The Bertz CT molecular complexity index is 1270. The molecule has 7 nitrogen and oxygen atoms in total. The molecule has 8 heteroatoms. The summed E-state index contributed by atoms with van der Waals surface area (Å²) in [5.41, 5.74) is 3.03. The van der Waals surface area contributed by atoms with Gasteiger partial charge in [-0.05, 0) is 72.5 Å². The van der Waals surface area contributed by atoms with Gasteiger partial charge < -0.3 is 14.5 Å². The van der Waals surface area contributed by atoms with Gasteiger partial charge in [0.05, 0.1) is 19.2 Å². The van der Waals surface area contributed by atoms with Crippen molar-refractivity contribution >= 4 is 44.7 Å². The highest BCUT2D eigenvalue weighted by atomic mass is 32.1. The van der Waals surface area contributed by atoms with E-state index in [1.165, 1.54) is 28.3 Å². The molecular weight excluding hydrogens is 472 g/mol. The monoisotopic (exact) mass is 504 g/mol. The van der Waals surface area contributed by atoms with Gasteiger partial charge in [-0.3, -0.25) is 9.69 Å². The SMILES string of the molecule is COC(=O)c1ccc(N2C[C@@H](C)N(CC(=O)N3CC=C(c4ccc5sccc5c4)CC3)[C@@H](C)C2)nc1. The molecular formula is C28H32N4O3S. The Hall–Kier alpha value is -3.23. The zero-order chi connectivity index (χ0) is 25.2. The number of carbonyl (C=O) groups is 2. The number of nitrogens with zero attached hydrogens (tertiary/aromatic N) is 4. The van der Waals surface area contributed by atoms with Crippen LogP contribution in [0.3, 0.4) is 0 Å². The molecule has 4 heterocycles. The summed E-state index contributed by atoms with van der Waals surface area (Å²) >= 11 is 1.76. The zero-order valence-electron chi connectivity index (χ0n) is 21.0. The van der Waals surface area contributed by atoms with Crippen LogP contribution >= 0.6 is 11.3 Å². The molecule has 2 aliphatic rings. The summed E-state index contributed by atoms with van der Waals surface area (Å²) in [6.07, 6.45) is 4.65. The quantitative estimate of drug-likeness (QED) is 0.483. The molecule has 3 aromatic rings. The molecule has 0 radical (unpaired) electrons. The second kappa shape index (κ2) is 10.4. The van der Waals surface area contributed by atoms with Crippen molar-refractivity contribution in [3.05, 3.63) is 65.2 Å². The molecule has 1 saturated heterocycles. The molecule has 2 aliphatic heterocycles. The number of carbonyl (C=O) groups excluding carboxylic acids is 2. The Labute approximate surface area is 216 Å². The number of pyridine rings is 1. The molecule has 1 amide bonds. The third-order valence-corrected chi connectivity index (χ3v) is 8.20. The predicted octanol–water partition coefficient (Wildman–Crippen LogP) is 4.30. The topological polar surface area (TPSA) is 66.0 Å². The summed E-state index contributed by atoms with van der Waals surface area (Å²) in [6.45, 7) is 7.71. The lowest BCUT2D eigenvalue weighted by atomic mass is 9.98. The molecule has 0 aliphatic carbocycles. The summed E-state index contributed by atoms with van der Waals surface area (Å²) in [6, 6.07) is 12.8. The van der Waals surface area contributed by atoms with Gasteiger partial charge in [0.25, 0.3) is 0 Å². The van der Waals surface area contributed by atoms with E-state index in [1.807, 2.05) is 11.0 Å². The number of amides is 1. The first kappa shape index (κ1) is 24.5. The van der Waals surface area contributed by atoms with Gasteiger partial charge in [-0.25, -0.2) is 9.78 Å². The number of thiophene rings is 1. The first-order valence-corrected chi connectivity index (χ1v) is 13.3. The van der Waals surface area contributed by atoms with E-state index in [4.69, 9.17) is 4.74 Å². The molecule has 0 saturated carbocycles. The number of hydrogen-bond donors (Lipinski definition) is 0. The van der Waals surface area contributed by atoms with E-state index in [2.05, 4.69) is 64.4 Å². The normalized spacial score (nSPS) is 20.9. The molecule has 0 N–H and O–H groups in total. The minimum Gasteiger partial charge on any atom is -0.465 e. The number of rotatable bonds is 5. The molecule has 2 atom stereocenters. The fraction of sp³-hybridized carbons (Fsp3) is 0.393. The number of hydrogen-bond acceptors (Lipinski definition) is 7. The number of anilines is 1. The highest BCUT2D eigenvalue weighted by Gasteiger charge is 2.32. The Kier molecular flexibility index (Phi) is 7.07. The van der Waals surface area contributed by atoms with E-state index in [0.717, 1.165) is 31.9 Å². The lowest BCUT2D eigenvalue weighted by molar-refractivity contribution is -0.133. The average molecular weight is 505 g/mol. The van der Waals surface area contributed by atoms with Crippen molar-refractivity contribution in [1.29, 1.82) is 0 Å². The van der Waals surface area contributed by atoms with Crippen molar-refractivity contribution < 1.29 is 14.3 Å². The number of fused-ring (bicyclic) bond motifs is 1.